The van der Waals surface area contributed by atoms with E-state index in [1.54, 1.807) is 18.2 Å². The molecule has 1 aromatic rings. The second-order valence-corrected chi connectivity index (χ2v) is 5.62. The van der Waals surface area contributed by atoms with Gasteiger partial charge in [-0.3, -0.25) is 19.3 Å². The highest BCUT2D eigenvalue weighted by atomic mass is 79.9. The molecule has 0 saturated carbocycles. The number of rotatable bonds is 3. The van der Waals surface area contributed by atoms with Gasteiger partial charge in [0.1, 0.15) is 6.54 Å². The molecule has 98 valence electrons. The van der Waals surface area contributed by atoms with Crippen LogP contribution in [0.1, 0.15) is 5.56 Å². The summed E-state index contributed by atoms with van der Waals surface area (Å²) in [6, 6.07) is 7.20. The fourth-order valence-electron chi connectivity index (χ4n) is 1.48. The van der Waals surface area contributed by atoms with E-state index >= 15 is 0 Å². The Kier molecular flexibility index (Phi) is 4.06. The largest absolute Gasteiger partial charge is 0.480 e. The van der Waals surface area contributed by atoms with Gasteiger partial charge in [-0.1, -0.05) is 28.1 Å². The van der Waals surface area contributed by atoms with Crippen molar-refractivity contribution in [2.45, 2.75) is 0 Å². The monoisotopic (exact) mass is 341 g/mol. The molecule has 1 N–H and O–H groups in total. The zero-order chi connectivity index (χ0) is 14.0. The Bertz CT molecular complexity index is 582. The first-order valence-corrected chi connectivity index (χ1v) is 6.81. The molecule has 19 heavy (non-hydrogen) atoms. The normalized spacial score (nSPS) is 17.3. The third kappa shape index (κ3) is 3.24. The quantitative estimate of drug-likeness (QED) is 0.855. The van der Waals surface area contributed by atoms with Crippen LogP contribution >= 0.6 is 27.7 Å². The third-order valence-corrected chi connectivity index (χ3v) is 3.77. The van der Waals surface area contributed by atoms with Crippen LogP contribution in [-0.4, -0.2) is 33.7 Å². The first-order chi connectivity index (χ1) is 8.97. The molecule has 2 amide bonds. The highest BCUT2D eigenvalue weighted by Gasteiger charge is 2.36. The lowest BCUT2D eigenvalue weighted by atomic mass is 10.2. The average molecular weight is 342 g/mol. The van der Waals surface area contributed by atoms with Crippen molar-refractivity contribution in [1.82, 2.24) is 4.90 Å². The van der Waals surface area contributed by atoms with Crippen molar-refractivity contribution in [2.75, 3.05) is 6.54 Å². The number of amides is 2. The van der Waals surface area contributed by atoms with Crippen molar-refractivity contribution < 1.29 is 19.5 Å². The summed E-state index contributed by atoms with van der Waals surface area (Å²) in [5.74, 6) is -1.78. The summed E-state index contributed by atoms with van der Waals surface area (Å²) in [6.07, 6.45) is 1.57. The highest BCUT2D eigenvalue weighted by molar-refractivity contribution is 9.10. The van der Waals surface area contributed by atoms with Gasteiger partial charge in [0.25, 0.3) is 11.1 Å². The smallest absolute Gasteiger partial charge is 0.323 e. The Balaban J connectivity index is 2.23. The Morgan fingerprint density at radius 3 is 2.53 bits per heavy atom. The standard InChI is InChI=1S/C12H8BrNO4S/c13-8-3-1-7(2-4-8)5-9-11(17)14(6-10(15)16)12(18)19-9/h1-5H,6H2,(H,15,16). The van der Waals surface area contributed by atoms with Gasteiger partial charge in [0.15, 0.2) is 0 Å². The van der Waals surface area contributed by atoms with Crippen LogP contribution in [0.2, 0.25) is 0 Å². The van der Waals surface area contributed by atoms with E-state index in [4.69, 9.17) is 5.11 Å². The summed E-state index contributed by atoms with van der Waals surface area (Å²) in [4.78, 5) is 34.9. The molecule has 5 nitrogen and oxygen atoms in total. The van der Waals surface area contributed by atoms with Crippen LogP contribution in [0.3, 0.4) is 0 Å². The number of nitrogens with zero attached hydrogens (tertiary/aromatic N) is 1. The number of imide groups is 1. The van der Waals surface area contributed by atoms with Gasteiger partial charge in [0, 0.05) is 4.47 Å². The number of carbonyl (C=O) groups is 3. The van der Waals surface area contributed by atoms with Crippen molar-refractivity contribution in [3.05, 3.63) is 39.2 Å². The van der Waals surface area contributed by atoms with E-state index in [1.807, 2.05) is 12.1 Å². The maximum absolute atomic E-state index is 11.9. The molecule has 0 radical (unpaired) electrons. The summed E-state index contributed by atoms with van der Waals surface area (Å²) in [5, 5.41) is 8.08. The molecular weight excluding hydrogens is 334 g/mol. The predicted molar refractivity (Wildman–Crippen MR) is 74.5 cm³/mol. The lowest BCUT2D eigenvalue weighted by molar-refractivity contribution is -0.140. The molecule has 0 bridgehead atoms. The molecular formula is C12H8BrNO4S. The summed E-state index contributed by atoms with van der Waals surface area (Å²) < 4.78 is 0.906. The summed E-state index contributed by atoms with van der Waals surface area (Å²) >= 11 is 4.04. The summed E-state index contributed by atoms with van der Waals surface area (Å²) in [7, 11) is 0. The van der Waals surface area contributed by atoms with Crippen molar-refractivity contribution in [3.8, 4) is 0 Å². The van der Waals surface area contributed by atoms with Gasteiger partial charge >= 0.3 is 5.97 Å². The number of benzene rings is 1. The second kappa shape index (κ2) is 5.58. The highest BCUT2D eigenvalue weighted by Crippen LogP contribution is 2.32. The SMILES string of the molecule is O=C(O)CN1C(=O)SC(=Cc2ccc(Br)cc2)C1=O. The molecule has 7 heteroatoms. The average Bonchev–Trinajstić information content (AvgIpc) is 2.60. The number of aliphatic carboxylic acids is 1. The Morgan fingerprint density at radius 2 is 1.95 bits per heavy atom. The van der Waals surface area contributed by atoms with Gasteiger partial charge in [-0.2, -0.15) is 0 Å². The van der Waals surface area contributed by atoms with Crippen LogP contribution in [0.5, 0.6) is 0 Å². The number of carboxylic acids is 1. The topological polar surface area (TPSA) is 74.7 Å². The van der Waals surface area contributed by atoms with E-state index in [-0.39, 0.29) is 4.91 Å². The zero-order valence-corrected chi connectivity index (χ0v) is 11.9. The minimum absolute atomic E-state index is 0.230. The van der Waals surface area contributed by atoms with Gasteiger partial charge < -0.3 is 5.11 Å². The molecule has 1 aromatic carbocycles. The minimum atomic E-state index is -1.22. The first kappa shape index (κ1) is 13.8. The van der Waals surface area contributed by atoms with Gasteiger partial charge in [0.05, 0.1) is 4.91 Å². The summed E-state index contributed by atoms with van der Waals surface area (Å²) in [6.45, 7) is -0.609. The lowest BCUT2D eigenvalue weighted by Gasteiger charge is -2.07. The molecule has 0 atom stereocenters. The number of halogens is 1. The molecule has 0 unspecified atom stereocenters. The summed E-state index contributed by atoms with van der Waals surface area (Å²) in [5.41, 5.74) is 0.768. The fourth-order valence-corrected chi connectivity index (χ4v) is 2.58. The number of hydrogen-bond donors (Lipinski definition) is 1. The van der Waals surface area contributed by atoms with E-state index in [9.17, 15) is 14.4 Å². The van der Waals surface area contributed by atoms with Gasteiger partial charge in [-0.05, 0) is 35.5 Å². The van der Waals surface area contributed by atoms with Crippen LogP contribution < -0.4 is 0 Å². The number of hydrogen-bond acceptors (Lipinski definition) is 4. The van der Waals surface area contributed by atoms with Crippen molar-refractivity contribution in [2.24, 2.45) is 0 Å². The van der Waals surface area contributed by atoms with Gasteiger partial charge in [-0.15, -0.1) is 0 Å². The molecule has 1 saturated heterocycles. The van der Waals surface area contributed by atoms with Crippen LogP contribution in [0.25, 0.3) is 6.08 Å². The van der Waals surface area contributed by atoms with Crippen LogP contribution in [0.4, 0.5) is 4.79 Å². The van der Waals surface area contributed by atoms with Gasteiger partial charge in [-0.25, -0.2) is 0 Å². The first-order valence-electron chi connectivity index (χ1n) is 5.20. The fraction of sp³-hybridized carbons (Fsp3) is 0.0833. The maximum Gasteiger partial charge on any atom is 0.323 e. The van der Waals surface area contributed by atoms with Crippen LogP contribution in [-0.2, 0) is 9.59 Å². The lowest BCUT2D eigenvalue weighted by Crippen LogP contribution is -2.33. The van der Waals surface area contributed by atoms with E-state index in [2.05, 4.69) is 15.9 Å². The maximum atomic E-state index is 11.9. The van der Waals surface area contributed by atoms with E-state index in [0.29, 0.717) is 0 Å². The molecule has 0 aromatic heterocycles. The third-order valence-electron chi connectivity index (χ3n) is 2.33. The Labute approximate surface area is 121 Å². The van der Waals surface area contributed by atoms with Gasteiger partial charge in [0.2, 0.25) is 0 Å². The number of carboxylic acid groups (broad SMARTS) is 1. The minimum Gasteiger partial charge on any atom is -0.480 e. The van der Waals surface area contributed by atoms with Crippen molar-refractivity contribution >= 4 is 50.9 Å². The number of thioether (sulfide) groups is 1. The van der Waals surface area contributed by atoms with Crippen molar-refractivity contribution in [1.29, 1.82) is 0 Å². The molecule has 1 heterocycles. The predicted octanol–water partition coefficient (Wildman–Crippen LogP) is 2.57. The van der Waals surface area contributed by atoms with Crippen molar-refractivity contribution in [3.63, 3.8) is 0 Å². The van der Waals surface area contributed by atoms with Crippen LogP contribution in [0.15, 0.2) is 33.6 Å². The van der Waals surface area contributed by atoms with E-state index < -0.39 is 23.7 Å². The molecule has 1 aliphatic heterocycles. The molecule has 1 aliphatic rings. The van der Waals surface area contributed by atoms with E-state index in [1.165, 1.54) is 0 Å². The second-order valence-electron chi connectivity index (χ2n) is 3.71. The number of carbonyl (C=O) groups excluding carboxylic acids is 2. The molecule has 0 spiro atoms. The Hall–Kier alpha value is -1.60. The zero-order valence-electron chi connectivity index (χ0n) is 9.50. The Morgan fingerprint density at radius 1 is 1.32 bits per heavy atom. The van der Waals surface area contributed by atoms with Crippen LogP contribution in [0, 0.1) is 0 Å². The van der Waals surface area contributed by atoms with E-state index in [0.717, 1.165) is 26.7 Å². The molecule has 0 aliphatic carbocycles. The molecule has 1 fully saturated rings. The molecule has 2 rings (SSSR count).